The van der Waals surface area contributed by atoms with E-state index in [9.17, 15) is 0 Å². The summed E-state index contributed by atoms with van der Waals surface area (Å²) < 4.78 is 0. The largest absolute Gasteiger partial charge is 0.317 e. The van der Waals surface area contributed by atoms with Gasteiger partial charge in [-0.2, -0.15) is 0 Å². The van der Waals surface area contributed by atoms with Gasteiger partial charge in [0.15, 0.2) is 0 Å². The fraction of sp³-hybridized carbons (Fsp3) is 0.571. The Morgan fingerprint density at radius 3 is 2.81 bits per heavy atom. The molecule has 1 aromatic carbocycles. The van der Waals surface area contributed by atoms with Crippen LogP contribution in [0.5, 0.6) is 0 Å². The zero-order chi connectivity index (χ0) is 11.4. The van der Waals surface area contributed by atoms with Gasteiger partial charge in [-0.3, -0.25) is 4.90 Å². The van der Waals surface area contributed by atoms with Crippen LogP contribution in [0.15, 0.2) is 30.3 Å². The Morgan fingerprint density at radius 2 is 2.12 bits per heavy atom. The number of nitrogens with one attached hydrogen (secondary N) is 1. The summed E-state index contributed by atoms with van der Waals surface area (Å²) in [6.07, 6.45) is 1.33. The molecule has 0 spiro atoms. The molecule has 0 radical (unpaired) electrons. The molecular formula is C14H22N2. The van der Waals surface area contributed by atoms with E-state index in [2.05, 4.69) is 54.5 Å². The maximum Gasteiger partial charge on any atom is 0.0233 e. The van der Waals surface area contributed by atoms with Crippen LogP contribution in [0.2, 0.25) is 0 Å². The third kappa shape index (κ3) is 2.83. The van der Waals surface area contributed by atoms with Crippen LogP contribution in [0.1, 0.15) is 18.9 Å². The third-order valence-corrected chi connectivity index (χ3v) is 3.72. The van der Waals surface area contributed by atoms with Gasteiger partial charge in [0.05, 0.1) is 0 Å². The second kappa shape index (κ2) is 5.46. The fourth-order valence-electron chi connectivity index (χ4n) is 2.49. The van der Waals surface area contributed by atoms with Crippen LogP contribution in [-0.4, -0.2) is 31.1 Å². The van der Waals surface area contributed by atoms with E-state index in [0.29, 0.717) is 6.04 Å². The van der Waals surface area contributed by atoms with Gasteiger partial charge in [0, 0.05) is 19.1 Å². The van der Waals surface area contributed by atoms with Gasteiger partial charge in [0.1, 0.15) is 0 Å². The molecule has 0 aromatic heterocycles. The van der Waals surface area contributed by atoms with Gasteiger partial charge < -0.3 is 5.32 Å². The number of nitrogens with zero attached hydrogens (tertiary/aromatic N) is 1. The summed E-state index contributed by atoms with van der Waals surface area (Å²) in [5.74, 6) is 0.814. The summed E-state index contributed by atoms with van der Waals surface area (Å²) in [6, 6.07) is 11.4. The summed E-state index contributed by atoms with van der Waals surface area (Å²) >= 11 is 0. The highest BCUT2D eigenvalue weighted by atomic mass is 15.1. The van der Waals surface area contributed by atoms with Crippen molar-refractivity contribution in [1.82, 2.24) is 10.2 Å². The van der Waals surface area contributed by atoms with Crippen molar-refractivity contribution in [2.45, 2.75) is 25.9 Å². The van der Waals surface area contributed by atoms with Crippen LogP contribution in [0, 0.1) is 5.92 Å². The lowest BCUT2D eigenvalue weighted by Crippen LogP contribution is -2.32. The molecule has 1 unspecified atom stereocenters. The van der Waals surface area contributed by atoms with Crippen molar-refractivity contribution in [1.29, 1.82) is 0 Å². The molecule has 2 heteroatoms. The maximum atomic E-state index is 3.36. The lowest BCUT2D eigenvalue weighted by atomic mass is 10.0. The number of rotatable bonds is 4. The van der Waals surface area contributed by atoms with Gasteiger partial charge in [0.25, 0.3) is 0 Å². The van der Waals surface area contributed by atoms with Crippen molar-refractivity contribution in [3.05, 3.63) is 35.9 Å². The zero-order valence-electron chi connectivity index (χ0n) is 10.3. The van der Waals surface area contributed by atoms with Gasteiger partial charge >= 0.3 is 0 Å². The topological polar surface area (TPSA) is 15.3 Å². The Morgan fingerprint density at radius 1 is 1.38 bits per heavy atom. The Bertz CT molecular complexity index is 310. The van der Waals surface area contributed by atoms with Crippen molar-refractivity contribution >= 4 is 0 Å². The normalized spacial score (nSPS) is 23.5. The van der Waals surface area contributed by atoms with Gasteiger partial charge in [-0.25, -0.2) is 0 Å². The minimum absolute atomic E-state index is 0.640. The number of benzene rings is 1. The molecule has 1 fully saturated rings. The molecule has 1 aromatic rings. The number of hydrogen-bond acceptors (Lipinski definition) is 2. The first kappa shape index (κ1) is 11.6. The summed E-state index contributed by atoms with van der Waals surface area (Å²) in [4.78, 5) is 2.56. The predicted molar refractivity (Wildman–Crippen MR) is 68.3 cm³/mol. The lowest BCUT2D eigenvalue weighted by molar-refractivity contribution is 0.301. The second-order valence-corrected chi connectivity index (χ2v) is 4.85. The molecule has 1 heterocycles. The van der Waals surface area contributed by atoms with Gasteiger partial charge in [-0.15, -0.1) is 0 Å². The van der Waals surface area contributed by atoms with Crippen LogP contribution in [0.25, 0.3) is 0 Å². The van der Waals surface area contributed by atoms with Crippen molar-refractivity contribution < 1.29 is 0 Å². The Kier molecular flexibility index (Phi) is 3.97. The highest BCUT2D eigenvalue weighted by molar-refractivity contribution is 5.14. The van der Waals surface area contributed by atoms with E-state index in [1.807, 2.05) is 0 Å². The molecule has 2 rings (SSSR count). The van der Waals surface area contributed by atoms with Crippen molar-refractivity contribution in [3.8, 4) is 0 Å². The van der Waals surface area contributed by atoms with E-state index >= 15 is 0 Å². The van der Waals surface area contributed by atoms with E-state index in [1.165, 1.54) is 25.1 Å². The van der Waals surface area contributed by atoms with Crippen molar-refractivity contribution in [2.75, 3.05) is 20.1 Å². The highest BCUT2D eigenvalue weighted by Gasteiger charge is 2.25. The summed E-state index contributed by atoms with van der Waals surface area (Å²) in [5.41, 5.74) is 1.43. The molecule has 0 bridgehead atoms. The standard InChI is InChI=1S/C14H22N2/c1-12(15-2)14-8-9-16(11-14)10-13-6-4-3-5-7-13/h3-7,12,14-15H,8-11H2,1-2H3/t12-,14?/m0/s1. The minimum Gasteiger partial charge on any atom is -0.317 e. The Balaban J connectivity index is 1.85. The summed E-state index contributed by atoms with van der Waals surface area (Å²) in [7, 11) is 2.06. The zero-order valence-corrected chi connectivity index (χ0v) is 10.3. The molecular weight excluding hydrogens is 196 g/mol. The molecule has 2 nitrogen and oxygen atoms in total. The molecule has 88 valence electrons. The van der Waals surface area contributed by atoms with Crippen LogP contribution < -0.4 is 5.32 Å². The predicted octanol–water partition coefficient (Wildman–Crippen LogP) is 2.12. The van der Waals surface area contributed by atoms with E-state index in [4.69, 9.17) is 0 Å². The van der Waals surface area contributed by atoms with Crippen LogP contribution >= 0.6 is 0 Å². The summed E-state index contributed by atoms with van der Waals surface area (Å²) in [5, 5.41) is 3.36. The molecule has 0 saturated carbocycles. The molecule has 1 N–H and O–H groups in total. The van der Waals surface area contributed by atoms with E-state index < -0.39 is 0 Å². The average Bonchev–Trinajstić information content (AvgIpc) is 2.78. The molecule has 16 heavy (non-hydrogen) atoms. The van der Waals surface area contributed by atoms with E-state index in [0.717, 1.165) is 12.5 Å². The number of hydrogen-bond donors (Lipinski definition) is 1. The van der Waals surface area contributed by atoms with Crippen LogP contribution in [0.3, 0.4) is 0 Å². The fourth-order valence-corrected chi connectivity index (χ4v) is 2.49. The summed E-state index contributed by atoms with van der Waals surface area (Å²) in [6.45, 7) is 5.87. The van der Waals surface area contributed by atoms with Gasteiger partial charge in [-0.05, 0) is 38.4 Å². The molecule has 1 aliphatic heterocycles. The first-order chi connectivity index (χ1) is 7.79. The van der Waals surface area contributed by atoms with Gasteiger partial charge in [-0.1, -0.05) is 30.3 Å². The maximum absolute atomic E-state index is 3.36. The molecule has 0 amide bonds. The second-order valence-electron chi connectivity index (χ2n) is 4.85. The smallest absolute Gasteiger partial charge is 0.0233 e. The molecule has 1 saturated heterocycles. The quantitative estimate of drug-likeness (QED) is 0.832. The van der Waals surface area contributed by atoms with Crippen molar-refractivity contribution in [3.63, 3.8) is 0 Å². The van der Waals surface area contributed by atoms with Crippen LogP contribution in [-0.2, 0) is 6.54 Å². The van der Waals surface area contributed by atoms with Crippen LogP contribution in [0.4, 0.5) is 0 Å². The first-order valence-electron chi connectivity index (χ1n) is 6.23. The minimum atomic E-state index is 0.640. The van der Waals surface area contributed by atoms with E-state index in [1.54, 1.807) is 0 Å². The molecule has 1 aliphatic rings. The third-order valence-electron chi connectivity index (χ3n) is 3.72. The SMILES string of the molecule is CN[C@@H](C)C1CCN(Cc2ccccc2)C1. The first-order valence-corrected chi connectivity index (χ1v) is 6.23. The molecule has 0 aliphatic carbocycles. The molecule has 2 atom stereocenters. The Hall–Kier alpha value is -0.860. The average molecular weight is 218 g/mol. The monoisotopic (exact) mass is 218 g/mol. The highest BCUT2D eigenvalue weighted by Crippen LogP contribution is 2.21. The van der Waals surface area contributed by atoms with E-state index in [-0.39, 0.29) is 0 Å². The number of likely N-dealkylation sites (tertiary alicyclic amines) is 1. The lowest BCUT2D eigenvalue weighted by Gasteiger charge is -2.20. The Labute approximate surface area is 98.7 Å². The van der Waals surface area contributed by atoms with Gasteiger partial charge in [0.2, 0.25) is 0 Å². The van der Waals surface area contributed by atoms with Crippen molar-refractivity contribution in [2.24, 2.45) is 5.92 Å².